The number of anilines is 2. The second-order valence-corrected chi connectivity index (χ2v) is 6.49. The van der Waals surface area contributed by atoms with Gasteiger partial charge in [0.15, 0.2) is 0 Å². The normalized spacial score (nSPS) is 11.1. The highest BCUT2D eigenvalue weighted by atomic mass is 79.9. The van der Waals surface area contributed by atoms with Crippen LogP contribution in [0.5, 0.6) is 0 Å². The van der Waals surface area contributed by atoms with Gasteiger partial charge < -0.3 is 5.32 Å². The summed E-state index contributed by atoms with van der Waals surface area (Å²) in [5, 5.41) is 2.90. The standard InChI is InChI=1S/C12H13BrN4O2S/c1-2-14-12-15-7-11(8-16-12)20(18,19)17-10-5-3-4-9(13)6-10/h3-8,17H,2H2,1H3,(H,14,15,16). The molecule has 0 amide bonds. The quantitative estimate of drug-likeness (QED) is 0.859. The molecule has 20 heavy (non-hydrogen) atoms. The van der Waals surface area contributed by atoms with Crippen molar-refractivity contribution in [1.29, 1.82) is 0 Å². The summed E-state index contributed by atoms with van der Waals surface area (Å²) in [6.07, 6.45) is 2.54. The van der Waals surface area contributed by atoms with Gasteiger partial charge in [0.05, 0.1) is 12.4 Å². The predicted molar refractivity (Wildman–Crippen MR) is 81.1 cm³/mol. The number of hydrogen-bond donors (Lipinski definition) is 2. The second-order valence-electron chi connectivity index (χ2n) is 3.89. The molecule has 0 spiro atoms. The number of benzene rings is 1. The molecule has 0 bridgehead atoms. The monoisotopic (exact) mass is 356 g/mol. The van der Waals surface area contributed by atoms with Crippen molar-refractivity contribution in [3.8, 4) is 0 Å². The fraction of sp³-hybridized carbons (Fsp3) is 0.167. The van der Waals surface area contributed by atoms with Gasteiger partial charge in [0.2, 0.25) is 5.95 Å². The fourth-order valence-electron chi connectivity index (χ4n) is 1.47. The zero-order chi connectivity index (χ0) is 14.6. The van der Waals surface area contributed by atoms with Crippen LogP contribution in [0.15, 0.2) is 46.0 Å². The molecular formula is C12H13BrN4O2S. The molecule has 2 aromatic rings. The van der Waals surface area contributed by atoms with Crippen LogP contribution in [-0.2, 0) is 10.0 Å². The van der Waals surface area contributed by atoms with E-state index >= 15 is 0 Å². The van der Waals surface area contributed by atoms with Crippen molar-refractivity contribution in [1.82, 2.24) is 9.97 Å². The minimum Gasteiger partial charge on any atom is -0.355 e. The van der Waals surface area contributed by atoms with Gasteiger partial charge in [-0.3, -0.25) is 4.72 Å². The maximum atomic E-state index is 12.2. The van der Waals surface area contributed by atoms with Gasteiger partial charge in [-0.25, -0.2) is 18.4 Å². The van der Waals surface area contributed by atoms with Crippen molar-refractivity contribution < 1.29 is 8.42 Å². The maximum Gasteiger partial charge on any atom is 0.264 e. The molecule has 1 heterocycles. The Kier molecular flexibility index (Phi) is 4.56. The average Bonchev–Trinajstić information content (AvgIpc) is 2.39. The van der Waals surface area contributed by atoms with Crippen molar-refractivity contribution in [2.45, 2.75) is 11.8 Å². The first-order valence-corrected chi connectivity index (χ1v) is 8.13. The Morgan fingerprint density at radius 1 is 1.25 bits per heavy atom. The largest absolute Gasteiger partial charge is 0.355 e. The molecule has 8 heteroatoms. The lowest BCUT2D eigenvalue weighted by atomic mass is 10.3. The second kappa shape index (κ2) is 6.19. The van der Waals surface area contributed by atoms with Gasteiger partial charge in [-0.2, -0.15) is 0 Å². The van der Waals surface area contributed by atoms with Crippen LogP contribution in [0.3, 0.4) is 0 Å². The summed E-state index contributed by atoms with van der Waals surface area (Å²) in [6, 6.07) is 6.89. The van der Waals surface area contributed by atoms with Gasteiger partial charge in [0.25, 0.3) is 10.0 Å². The topological polar surface area (TPSA) is 84.0 Å². The highest BCUT2D eigenvalue weighted by Gasteiger charge is 2.15. The van der Waals surface area contributed by atoms with Gasteiger partial charge in [0, 0.05) is 16.7 Å². The summed E-state index contributed by atoms with van der Waals surface area (Å²) in [7, 11) is -3.69. The third-order valence-corrected chi connectivity index (χ3v) is 4.18. The third kappa shape index (κ3) is 3.67. The van der Waals surface area contributed by atoms with E-state index in [2.05, 4.69) is 35.9 Å². The Bertz CT molecular complexity index is 689. The van der Waals surface area contributed by atoms with Gasteiger partial charge >= 0.3 is 0 Å². The summed E-state index contributed by atoms with van der Waals surface area (Å²) in [5.74, 6) is 0.397. The summed E-state index contributed by atoms with van der Waals surface area (Å²) in [5.41, 5.74) is 0.468. The van der Waals surface area contributed by atoms with E-state index in [1.165, 1.54) is 12.4 Å². The SMILES string of the molecule is CCNc1ncc(S(=O)(=O)Nc2cccc(Br)c2)cn1. The first kappa shape index (κ1) is 14.7. The van der Waals surface area contributed by atoms with Crippen molar-refractivity contribution in [3.63, 3.8) is 0 Å². The number of rotatable bonds is 5. The van der Waals surface area contributed by atoms with E-state index in [1.54, 1.807) is 18.2 Å². The Balaban J connectivity index is 2.21. The van der Waals surface area contributed by atoms with Crippen molar-refractivity contribution in [2.75, 3.05) is 16.6 Å². The lowest BCUT2D eigenvalue weighted by Crippen LogP contribution is -2.14. The molecule has 0 saturated carbocycles. The number of nitrogens with zero attached hydrogens (tertiary/aromatic N) is 2. The van der Waals surface area contributed by atoms with Crippen LogP contribution >= 0.6 is 15.9 Å². The van der Waals surface area contributed by atoms with Gasteiger partial charge in [-0.1, -0.05) is 22.0 Å². The molecule has 0 atom stereocenters. The van der Waals surface area contributed by atoms with Crippen LogP contribution in [-0.4, -0.2) is 24.9 Å². The number of halogens is 1. The number of hydrogen-bond acceptors (Lipinski definition) is 5. The van der Waals surface area contributed by atoms with Crippen LogP contribution in [0.4, 0.5) is 11.6 Å². The lowest BCUT2D eigenvalue weighted by Gasteiger charge is -2.08. The van der Waals surface area contributed by atoms with Gasteiger partial charge in [0.1, 0.15) is 4.90 Å². The molecule has 1 aromatic carbocycles. The zero-order valence-electron chi connectivity index (χ0n) is 10.7. The highest BCUT2D eigenvalue weighted by Crippen LogP contribution is 2.19. The van der Waals surface area contributed by atoms with Gasteiger partial charge in [-0.15, -0.1) is 0 Å². The third-order valence-electron chi connectivity index (χ3n) is 2.35. The van der Waals surface area contributed by atoms with Crippen LogP contribution in [0.2, 0.25) is 0 Å². The molecule has 0 aliphatic rings. The number of nitrogens with one attached hydrogen (secondary N) is 2. The summed E-state index contributed by atoms with van der Waals surface area (Å²) in [4.78, 5) is 7.90. The number of sulfonamides is 1. The molecule has 106 valence electrons. The number of aromatic nitrogens is 2. The van der Waals surface area contributed by atoms with Crippen LogP contribution in [0.1, 0.15) is 6.92 Å². The van der Waals surface area contributed by atoms with E-state index in [-0.39, 0.29) is 4.90 Å². The van der Waals surface area contributed by atoms with Crippen LogP contribution in [0, 0.1) is 0 Å². The molecule has 2 N–H and O–H groups in total. The molecule has 0 saturated heterocycles. The average molecular weight is 357 g/mol. The first-order chi connectivity index (χ1) is 9.51. The van der Waals surface area contributed by atoms with Crippen LogP contribution < -0.4 is 10.0 Å². The lowest BCUT2D eigenvalue weighted by molar-refractivity contribution is 0.600. The summed E-state index contributed by atoms with van der Waals surface area (Å²) < 4.78 is 27.6. The molecule has 1 aromatic heterocycles. The Labute approximate surface area is 125 Å². The fourth-order valence-corrected chi connectivity index (χ4v) is 2.81. The molecule has 0 aliphatic heterocycles. The maximum absolute atomic E-state index is 12.2. The van der Waals surface area contributed by atoms with E-state index < -0.39 is 10.0 Å². The molecule has 0 fully saturated rings. The predicted octanol–water partition coefficient (Wildman–Crippen LogP) is 2.47. The summed E-state index contributed by atoms with van der Waals surface area (Å²) >= 11 is 3.28. The van der Waals surface area contributed by atoms with E-state index in [4.69, 9.17) is 0 Å². The van der Waals surface area contributed by atoms with Crippen LogP contribution in [0.25, 0.3) is 0 Å². The molecule has 6 nitrogen and oxygen atoms in total. The minimum absolute atomic E-state index is 0.0131. The Morgan fingerprint density at radius 2 is 1.95 bits per heavy atom. The Hall–Kier alpha value is -1.67. The van der Waals surface area contributed by atoms with E-state index in [0.29, 0.717) is 18.2 Å². The van der Waals surface area contributed by atoms with Crippen molar-refractivity contribution >= 4 is 37.6 Å². The molecule has 0 radical (unpaired) electrons. The van der Waals surface area contributed by atoms with E-state index in [1.807, 2.05) is 13.0 Å². The van der Waals surface area contributed by atoms with E-state index in [0.717, 1.165) is 4.47 Å². The Morgan fingerprint density at radius 3 is 2.55 bits per heavy atom. The first-order valence-electron chi connectivity index (χ1n) is 5.85. The van der Waals surface area contributed by atoms with Crippen molar-refractivity contribution in [2.24, 2.45) is 0 Å². The van der Waals surface area contributed by atoms with Gasteiger partial charge in [-0.05, 0) is 25.1 Å². The molecule has 2 rings (SSSR count). The summed E-state index contributed by atoms with van der Waals surface area (Å²) in [6.45, 7) is 2.57. The smallest absolute Gasteiger partial charge is 0.264 e. The van der Waals surface area contributed by atoms with Crippen molar-refractivity contribution in [3.05, 3.63) is 41.1 Å². The highest BCUT2D eigenvalue weighted by molar-refractivity contribution is 9.10. The zero-order valence-corrected chi connectivity index (χ0v) is 13.1. The molecular weight excluding hydrogens is 344 g/mol. The molecule has 0 aliphatic carbocycles. The minimum atomic E-state index is -3.69. The molecule has 0 unspecified atom stereocenters. The van der Waals surface area contributed by atoms with E-state index in [9.17, 15) is 8.42 Å².